The Balaban J connectivity index is 1.81. The molecule has 1 N–H and O–H groups in total. The third-order valence-corrected chi connectivity index (χ3v) is 6.44. The van der Waals surface area contributed by atoms with Crippen molar-refractivity contribution in [2.75, 3.05) is 37.5 Å². The molecule has 7 nitrogen and oxygen atoms in total. The number of hydrogen-bond donors (Lipinski definition) is 1. The van der Waals surface area contributed by atoms with Crippen LogP contribution in [0.3, 0.4) is 0 Å². The van der Waals surface area contributed by atoms with Gasteiger partial charge in [-0.1, -0.05) is 18.2 Å². The molecule has 0 amide bonds. The Morgan fingerprint density at radius 3 is 2.24 bits per heavy atom. The summed E-state index contributed by atoms with van der Waals surface area (Å²) in [4.78, 5) is 5.40. The van der Waals surface area contributed by atoms with Crippen molar-refractivity contribution in [3.63, 3.8) is 0 Å². The van der Waals surface area contributed by atoms with Crippen LogP contribution in [-0.2, 0) is 15.7 Å². The van der Waals surface area contributed by atoms with Crippen molar-refractivity contribution in [2.24, 2.45) is 0 Å². The molecule has 0 bridgehead atoms. The number of halogens is 6. The molecule has 1 aliphatic heterocycles. The van der Waals surface area contributed by atoms with Gasteiger partial charge in [-0.3, -0.25) is 0 Å². The zero-order valence-electron chi connectivity index (χ0n) is 20.4. The van der Waals surface area contributed by atoms with Crippen LogP contribution >= 0.6 is 0 Å². The first kappa shape index (κ1) is 26.9. The number of pyridine rings is 1. The van der Waals surface area contributed by atoms with Gasteiger partial charge >= 0.3 is 6.18 Å². The number of hydrogen-bond acceptors (Lipinski definition) is 7. The molecule has 3 heterocycles. The molecule has 0 radical (unpaired) electrons. The quantitative estimate of drug-likeness (QED) is 0.408. The van der Waals surface area contributed by atoms with Crippen LogP contribution in [0, 0.1) is 12.7 Å². The Morgan fingerprint density at radius 2 is 1.68 bits per heavy atom. The minimum atomic E-state index is -4.77. The number of fused-ring (bicyclic) bond motifs is 1. The topological polar surface area (TPSA) is 72.4 Å². The van der Waals surface area contributed by atoms with Crippen molar-refractivity contribution in [3.05, 3.63) is 52.6 Å². The Morgan fingerprint density at radius 1 is 1.05 bits per heavy atom. The number of nitrogens with zero attached hydrogens (tertiary/aromatic N) is 4. The van der Waals surface area contributed by atoms with Crippen molar-refractivity contribution in [3.8, 4) is 0 Å². The van der Waals surface area contributed by atoms with Gasteiger partial charge in [-0.15, -0.1) is 5.10 Å². The number of aromatic nitrogens is 3. The van der Waals surface area contributed by atoms with Gasteiger partial charge in [-0.25, -0.2) is 18.2 Å². The van der Waals surface area contributed by atoms with Gasteiger partial charge in [0.25, 0.3) is 6.43 Å². The van der Waals surface area contributed by atoms with E-state index in [1.807, 2.05) is 0 Å². The molecule has 200 valence electrons. The molecule has 1 aromatic carbocycles. The SMILES string of the molecule is CO[C@H]1CN(c2cc3c(N[C@H](C)c4cccc(C(F)F)c4F)nnc(C)c3nc2C(F)(F)F)C[C@H]1OC. The fourth-order valence-electron chi connectivity index (χ4n) is 4.49. The molecule has 4 rings (SSSR count). The molecule has 0 aliphatic carbocycles. The summed E-state index contributed by atoms with van der Waals surface area (Å²) in [7, 11) is 2.90. The zero-order chi connectivity index (χ0) is 27.1. The van der Waals surface area contributed by atoms with E-state index in [1.165, 1.54) is 51.2 Å². The van der Waals surface area contributed by atoms with Crippen LogP contribution in [0.2, 0.25) is 0 Å². The fourth-order valence-corrected chi connectivity index (χ4v) is 4.49. The normalized spacial score (nSPS) is 19.2. The van der Waals surface area contributed by atoms with E-state index in [2.05, 4.69) is 20.5 Å². The van der Waals surface area contributed by atoms with E-state index in [1.54, 1.807) is 0 Å². The fraction of sp³-hybridized carbons (Fsp3) is 0.458. The number of rotatable bonds is 7. The van der Waals surface area contributed by atoms with Crippen molar-refractivity contribution >= 4 is 22.4 Å². The summed E-state index contributed by atoms with van der Waals surface area (Å²) in [5.74, 6) is -1.04. The molecular weight excluding hydrogens is 504 g/mol. The smallest absolute Gasteiger partial charge is 0.377 e. The molecule has 13 heteroatoms. The first-order valence-electron chi connectivity index (χ1n) is 11.3. The highest BCUT2D eigenvalue weighted by Crippen LogP contribution is 2.40. The maximum Gasteiger partial charge on any atom is 0.435 e. The van der Waals surface area contributed by atoms with Crippen molar-refractivity contribution in [1.29, 1.82) is 0 Å². The lowest BCUT2D eigenvalue weighted by Gasteiger charge is -2.24. The average molecular weight is 529 g/mol. The number of methoxy groups -OCH3 is 2. The number of benzene rings is 1. The summed E-state index contributed by atoms with van der Waals surface area (Å²) in [5, 5.41) is 11.1. The minimum Gasteiger partial charge on any atom is -0.377 e. The van der Waals surface area contributed by atoms with Crippen LogP contribution in [0.1, 0.15) is 41.9 Å². The van der Waals surface area contributed by atoms with Gasteiger partial charge < -0.3 is 19.7 Å². The summed E-state index contributed by atoms with van der Waals surface area (Å²) in [5.41, 5.74) is -2.00. The number of ether oxygens (including phenoxy) is 2. The summed E-state index contributed by atoms with van der Waals surface area (Å²) < 4.78 is 94.1. The molecule has 3 atom stereocenters. The monoisotopic (exact) mass is 529 g/mol. The van der Waals surface area contributed by atoms with Crippen LogP contribution in [0.4, 0.5) is 37.8 Å². The molecule has 3 aromatic rings. The maximum atomic E-state index is 14.7. The molecule has 0 spiro atoms. The van der Waals surface area contributed by atoms with Gasteiger partial charge in [0.15, 0.2) is 11.5 Å². The third-order valence-electron chi connectivity index (χ3n) is 6.44. The number of anilines is 2. The average Bonchev–Trinajstić information content (AvgIpc) is 3.28. The molecular formula is C24H25F6N5O2. The Hall–Kier alpha value is -3.19. The first-order chi connectivity index (χ1) is 17.5. The number of aryl methyl sites for hydroxylation is 1. The van der Waals surface area contributed by atoms with Gasteiger partial charge in [-0.05, 0) is 19.9 Å². The summed E-state index contributed by atoms with van der Waals surface area (Å²) >= 11 is 0. The van der Waals surface area contributed by atoms with E-state index >= 15 is 0 Å². The standard InChI is InChI=1S/C24H25F6N5O2/c1-11(13-6-5-7-14(19(13)25)22(26)27)31-23-15-8-16(35-9-17(36-3)18(10-35)37-4)21(24(28,29)30)32-20(15)12(2)33-34-23/h5-8,11,17-18,22H,9-10H2,1-4H3,(H,31,34)/t11-,17-,18+/m1/s1. The lowest BCUT2D eigenvalue weighted by molar-refractivity contribution is -0.140. The number of nitrogens with one attached hydrogen (secondary N) is 1. The lowest BCUT2D eigenvalue weighted by Crippen LogP contribution is -2.27. The van der Waals surface area contributed by atoms with Crippen molar-refractivity contribution in [2.45, 2.75) is 44.7 Å². The zero-order valence-corrected chi connectivity index (χ0v) is 20.4. The molecule has 37 heavy (non-hydrogen) atoms. The molecule has 2 aromatic heterocycles. The van der Waals surface area contributed by atoms with Crippen molar-refractivity contribution in [1.82, 2.24) is 15.2 Å². The maximum absolute atomic E-state index is 14.7. The highest BCUT2D eigenvalue weighted by Gasteiger charge is 2.41. The van der Waals surface area contributed by atoms with Crippen LogP contribution in [0.15, 0.2) is 24.3 Å². The van der Waals surface area contributed by atoms with E-state index in [0.29, 0.717) is 0 Å². The van der Waals surface area contributed by atoms with Crippen LogP contribution < -0.4 is 10.2 Å². The molecule has 0 unspecified atom stereocenters. The summed E-state index contributed by atoms with van der Waals surface area (Å²) in [6, 6.07) is 4.07. The van der Waals surface area contributed by atoms with Gasteiger partial charge in [0, 0.05) is 38.3 Å². The Bertz CT molecular complexity index is 1280. The van der Waals surface area contributed by atoms with E-state index in [9.17, 15) is 26.3 Å². The Kier molecular flexibility index (Phi) is 7.47. The predicted molar refractivity (Wildman–Crippen MR) is 124 cm³/mol. The summed E-state index contributed by atoms with van der Waals surface area (Å²) in [6.07, 6.45) is -8.69. The molecule has 1 aliphatic rings. The van der Waals surface area contributed by atoms with E-state index < -0.39 is 47.9 Å². The molecule has 0 saturated carbocycles. The molecule has 1 fully saturated rings. The second-order valence-electron chi connectivity index (χ2n) is 8.75. The molecule has 1 saturated heterocycles. The number of alkyl halides is 5. The van der Waals surface area contributed by atoms with Gasteiger partial charge in [-0.2, -0.15) is 18.3 Å². The van der Waals surface area contributed by atoms with Crippen LogP contribution in [0.5, 0.6) is 0 Å². The van der Waals surface area contributed by atoms with Gasteiger partial charge in [0.05, 0.1) is 28.5 Å². The second-order valence-corrected chi connectivity index (χ2v) is 8.75. The van der Waals surface area contributed by atoms with E-state index in [-0.39, 0.29) is 46.8 Å². The second kappa shape index (κ2) is 10.3. The highest BCUT2D eigenvalue weighted by atomic mass is 19.4. The van der Waals surface area contributed by atoms with Crippen LogP contribution in [-0.4, -0.2) is 54.7 Å². The first-order valence-corrected chi connectivity index (χ1v) is 11.3. The van der Waals surface area contributed by atoms with Crippen LogP contribution in [0.25, 0.3) is 10.9 Å². The highest BCUT2D eigenvalue weighted by molar-refractivity contribution is 5.93. The van der Waals surface area contributed by atoms with Crippen molar-refractivity contribution < 1.29 is 35.8 Å². The lowest BCUT2D eigenvalue weighted by atomic mass is 10.0. The van der Waals surface area contributed by atoms with Gasteiger partial charge in [0.2, 0.25) is 0 Å². The van der Waals surface area contributed by atoms with E-state index in [0.717, 1.165) is 6.07 Å². The Labute approximate surface area is 208 Å². The summed E-state index contributed by atoms with van der Waals surface area (Å²) in [6.45, 7) is 3.26. The van der Waals surface area contributed by atoms with E-state index in [4.69, 9.17) is 9.47 Å². The minimum absolute atomic E-state index is 0.0307. The van der Waals surface area contributed by atoms with Gasteiger partial charge in [0.1, 0.15) is 18.0 Å². The predicted octanol–water partition coefficient (Wildman–Crippen LogP) is 5.45. The third kappa shape index (κ3) is 5.14. The largest absolute Gasteiger partial charge is 0.435 e.